The van der Waals surface area contributed by atoms with E-state index in [0.717, 1.165) is 10.4 Å². The third-order valence-electron chi connectivity index (χ3n) is 3.92. The van der Waals surface area contributed by atoms with Gasteiger partial charge in [0.1, 0.15) is 5.54 Å². The summed E-state index contributed by atoms with van der Waals surface area (Å²) in [6.45, 7) is 2.15. The van der Waals surface area contributed by atoms with Crippen LogP contribution in [0.5, 0.6) is 0 Å². The van der Waals surface area contributed by atoms with Crippen molar-refractivity contribution in [1.82, 2.24) is 10.2 Å². The normalized spacial score (nSPS) is 21.3. The van der Waals surface area contributed by atoms with Crippen molar-refractivity contribution >= 4 is 34.9 Å². The lowest BCUT2D eigenvalue weighted by Gasteiger charge is -2.25. The summed E-state index contributed by atoms with van der Waals surface area (Å²) < 4.78 is 0.645. The highest BCUT2D eigenvalue weighted by Gasteiger charge is 2.51. The fourth-order valence-electron chi connectivity index (χ4n) is 2.72. The summed E-state index contributed by atoms with van der Waals surface area (Å²) >= 11 is 7.29. The van der Waals surface area contributed by atoms with Crippen LogP contribution in [0.2, 0.25) is 4.34 Å². The van der Waals surface area contributed by atoms with Gasteiger partial charge in [-0.05, 0) is 24.1 Å². The minimum absolute atomic E-state index is 0.212. The molecule has 1 N–H and O–H groups in total. The van der Waals surface area contributed by atoms with Gasteiger partial charge in [-0.3, -0.25) is 9.69 Å². The maximum Gasteiger partial charge on any atom is 0.325 e. The van der Waals surface area contributed by atoms with Gasteiger partial charge in [-0.25, -0.2) is 4.79 Å². The monoisotopic (exact) mass is 334 g/mol. The Morgan fingerprint density at radius 2 is 1.91 bits per heavy atom. The van der Waals surface area contributed by atoms with E-state index in [1.54, 1.807) is 6.07 Å². The van der Waals surface area contributed by atoms with Gasteiger partial charge in [0.15, 0.2) is 0 Å². The molecule has 0 spiro atoms. The smallest absolute Gasteiger partial charge is 0.319 e. The zero-order chi connectivity index (χ0) is 15.7. The summed E-state index contributed by atoms with van der Waals surface area (Å²) in [6, 6.07) is 12.6. The van der Waals surface area contributed by atoms with Crippen molar-refractivity contribution in [3.63, 3.8) is 0 Å². The molecule has 0 bridgehead atoms. The van der Waals surface area contributed by atoms with Crippen LogP contribution >= 0.6 is 22.9 Å². The highest BCUT2D eigenvalue weighted by Crippen LogP contribution is 2.34. The summed E-state index contributed by atoms with van der Waals surface area (Å²) in [6.07, 6.45) is 0.503. The number of nitrogens with zero attached hydrogens (tertiary/aromatic N) is 1. The van der Waals surface area contributed by atoms with Crippen LogP contribution in [0, 0.1) is 0 Å². The van der Waals surface area contributed by atoms with Gasteiger partial charge in [0.2, 0.25) is 0 Å². The topological polar surface area (TPSA) is 49.4 Å². The number of benzene rings is 1. The Hall–Kier alpha value is -1.85. The lowest BCUT2D eigenvalue weighted by molar-refractivity contribution is -0.132. The average molecular weight is 335 g/mol. The van der Waals surface area contributed by atoms with E-state index < -0.39 is 5.54 Å². The molecule has 0 aliphatic carbocycles. The van der Waals surface area contributed by atoms with Gasteiger partial charge in [0, 0.05) is 4.88 Å². The van der Waals surface area contributed by atoms with Gasteiger partial charge in [-0.15, -0.1) is 11.3 Å². The van der Waals surface area contributed by atoms with Crippen molar-refractivity contribution in [3.05, 3.63) is 57.2 Å². The summed E-state index contributed by atoms with van der Waals surface area (Å²) in [4.78, 5) is 27.3. The Morgan fingerprint density at radius 3 is 2.50 bits per heavy atom. The van der Waals surface area contributed by atoms with Crippen molar-refractivity contribution in [2.75, 3.05) is 0 Å². The average Bonchev–Trinajstić information content (AvgIpc) is 3.05. The molecule has 1 atom stereocenters. The fraction of sp³-hybridized carbons (Fsp3) is 0.250. The first-order valence-corrected chi connectivity index (χ1v) is 8.20. The predicted molar refractivity (Wildman–Crippen MR) is 86.8 cm³/mol. The Bertz CT molecular complexity index is 716. The lowest BCUT2D eigenvalue weighted by atomic mass is 9.87. The standard InChI is InChI=1S/C16H15ClN2O2S/c1-2-16(11-6-4-3-5-7-11)14(20)19(15(21)18-16)10-12-8-9-13(17)22-12/h3-9H,2,10H2,1H3,(H,18,21). The molecule has 1 fully saturated rings. The number of thiophene rings is 1. The van der Waals surface area contributed by atoms with Gasteiger partial charge in [0.25, 0.3) is 5.91 Å². The Kier molecular flexibility index (Phi) is 3.93. The molecular weight excluding hydrogens is 320 g/mol. The summed E-state index contributed by atoms with van der Waals surface area (Å²) in [5.74, 6) is -0.212. The molecule has 22 heavy (non-hydrogen) atoms. The molecule has 3 amide bonds. The third-order valence-corrected chi connectivity index (χ3v) is 5.13. The zero-order valence-corrected chi connectivity index (χ0v) is 13.6. The van der Waals surface area contributed by atoms with E-state index in [-0.39, 0.29) is 18.5 Å². The van der Waals surface area contributed by atoms with Crippen LogP contribution in [0.15, 0.2) is 42.5 Å². The zero-order valence-electron chi connectivity index (χ0n) is 12.0. The van der Waals surface area contributed by atoms with Crippen LogP contribution in [0.3, 0.4) is 0 Å². The molecule has 1 aliphatic rings. The molecule has 2 heterocycles. The Morgan fingerprint density at radius 1 is 1.18 bits per heavy atom. The number of imide groups is 1. The van der Waals surface area contributed by atoms with E-state index in [2.05, 4.69) is 5.32 Å². The first-order chi connectivity index (χ1) is 10.6. The lowest BCUT2D eigenvalue weighted by Crippen LogP contribution is -2.43. The molecule has 114 valence electrons. The number of nitrogens with one attached hydrogen (secondary N) is 1. The van der Waals surface area contributed by atoms with Crippen LogP contribution in [0.25, 0.3) is 0 Å². The van der Waals surface area contributed by atoms with E-state index in [1.165, 1.54) is 16.2 Å². The quantitative estimate of drug-likeness (QED) is 0.865. The number of urea groups is 1. The van der Waals surface area contributed by atoms with Gasteiger partial charge < -0.3 is 5.32 Å². The van der Waals surface area contributed by atoms with Crippen molar-refractivity contribution in [3.8, 4) is 0 Å². The van der Waals surface area contributed by atoms with Gasteiger partial charge in [0.05, 0.1) is 10.9 Å². The van der Waals surface area contributed by atoms with E-state index >= 15 is 0 Å². The number of hydrogen-bond donors (Lipinski definition) is 1. The predicted octanol–water partition coefficient (Wildman–Crippen LogP) is 3.76. The van der Waals surface area contributed by atoms with Crippen molar-refractivity contribution < 1.29 is 9.59 Å². The second-order valence-corrected chi connectivity index (χ2v) is 6.95. The van der Waals surface area contributed by atoms with Crippen molar-refractivity contribution in [1.29, 1.82) is 0 Å². The highest BCUT2D eigenvalue weighted by atomic mass is 35.5. The largest absolute Gasteiger partial charge is 0.325 e. The van der Waals surface area contributed by atoms with Crippen molar-refractivity contribution in [2.24, 2.45) is 0 Å². The number of halogens is 1. The molecule has 1 saturated heterocycles. The first kappa shape index (κ1) is 15.1. The van der Waals surface area contributed by atoms with Crippen LogP contribution in [0.1, 0.15) is 23.8 Å². The van der Waals surface area contributed by atoms with Gasteiger partial charge in [-0.2, -0.15) is 0 Å². The molecule has 2 aromatic rings. The molecule has 3 rings (SSSR count). The SMILES string of the molecule is CCC1(c2ccccc2)NC(=O)N(Cc2ccc(Cl)s2)C1=O. The molecule has 1 aromatic carbocycles. The molecule has 1 aliphatic heterocycles. The minimum atomic E-state index is -0.973. The maximum absolute atomic E-state index is 12.9. The highest BCUT2D eigenvalue weighted by molar-refractivity contribution is 7.16. The van der Waals surface area contributed by atoms with Crippen molar-refractivity contribution in [2.45, 2.75) is 25.4 Å². The summed E-state index contributed by atoms with van der Waals surface area (Å²) in [5.41, 5.74) is -0.165. The molecular formula is C16H15ClN2O2S. The summed E-state index contributed by atoms with van der Waals surface area (Å²) in [5, 5.41) is 2.87. The number of carbonyl (C=O) groups excluding carboxylic acids is 2. The Labute approximate surface area is 137 Å². The molecule has 4 nitrogen and oxygen atoms in total. The van der Waals surface area contributed by atoms with E-state index in [9.17, 15) is 9.59 Å². The second-order valence-electron chi connectivity index (χ2n) is 5.15. The number of hydrogen-bond acceptors (Lipinski definition) is 3. The first-order valence-electron chi connectivity index (χ1n) is 7.00. The molecule has 0 radical (unpaired) electrons. The van der Waals surface area contributed by atoms with Crippen LogP contribution in [-0.4, -0.2) is 16.8 Å². The van der Waals surface area contributed by atoms with Crippen LogP contribution in [-0.2, 0) is 16.9 Å². The third kappa shape index (κ3) is 2.40. The molecule has 6 heteroatoms. The van der Waals surface area contributed by atoms with E-state index in [4.69, 9.17) is 11.6 Å². The minimum Gasteiger partial charge on any atom is -0.319 e. The molecule has 1 unspecified atom stereocenters. The van der Waals surface area contributed by atoms with Gasteiger partial charge in [-0.1, -0.05) is 48.9 Å². The molecule has 1 aromatic heterocycles. The number of rotatable bonds is 4. The number of amides is 3. The van der Waals surface area contributed by atoms with E-state index in [0.29, 0.717) is 10.8 Å². The summed E-state index contributed by atoms with van der Waals surface area (Å²) in [7, 11) is 0. The fourth-order valence-corrected chi connectivity index (χ4v) is 3.80. The van der Waals surface area contributed by atoms with E-state index in [1.807, 2.05) is 43.3 Å². The Balaban J connectivity index is 1.93. The second kappa shape index (κ2) is 5.74. The van der Waals surface area contributed by atoms with Gasteiger partial charge >= 0.3 is 6.03 Å². The number of carbonyl (C=O) groups is 2. The molecule has 0 saturated carbocycles. The van der Waals surface area contributed by atoms with Crippen LogP contribution in [0.4, 0.5) is 4.79 Å². The maximum atomic E-state index is 12.9. The van der Waals surface area contributed by atoms with Crippen LogP contribution < -0.4 is 5.32 Å².